The van der Waals surface area contributed by atoms with Crippen molar-refractivity contribution in [1.82, 2.24) is 9.78 Å². The number of amides is 1. The standard InChI is InChI=1S/C6H8N4O2/c1-10-6(7-4-11)5(2-8-10)3-9-12/h2-4,12H,1H3,(H,7,11). The van der Waals surface area contributed by atoms with E-state index in [1.54, 1.807) is 7.05 Å². The fraction of sp³-hybridized carbons (Fsp3) is 0.167. The lowest BCUT2D eigenvalue weighted by Gasteiger charge is -1.98. The number of hydrogen-bond acceptors (Lipinski definition) is 4. The molecule has 0 saturated carbocycles. The first-order valence-corrected chi connectivity index (χ1v) is 3.19. The zero-order chi connectivity index (χ0) is 8.97. The number of carbonyl (C=O) groups excluding carboxylic acids is 1. The van der Waals surface area contributed by atoms with Crippen LogP contribution in [0.5, 0.6) is 0 Å². The lowest BCUT2D eigenvalue weighted by atomic mass is 10.3. The fourth-order valence-corrected chi connectivity index (χ4v) is 0.844. The van der Waals surface area contributed by atoms with E-state index < -0.39 is 0 Å². The van der Waals surface area contributed by atoms with Gasteiger partial charge in [0.1, 0.15) is 5.82 Å². The number of nitrogens with one attached hydrogen (secondary N) is 1. The largest absolute Gasteiger partial charge is 0.411 e. The number of aryl methyl sites for hydroxylation is 1. The van der Waals surface area contributed by atoms with Crippen LogP contribution in [-0.4, -0.2) is 27.6 Å². The minimum atomic E-state index is 0.489. The van der Waals surface area contributed by atoms with E-state index in [0.717, 1.165) is 0 Å². The number of nitrogens with zero attached hydrogens (tertiary/aromatic N) is 3. The third kappa shape index (κ3) is 1.42. The zero-order valence-electron chi connectivity index (χ0n) is 6.43. The highest BCUT2D eigenvalue weighted by molar-refractivity contribution is 5.89. The van der Waals surface area contributed by atoms with Gasteiger partial charge in [-0.3, -0.25) is 9.48 Å². The number of rotatable bonds is 3. The molecule has 0 bridgehead atoms. The molecular weight excluding hydrogens is 160 g/mol. The molecular formula is C6H8N4O2. The van der Waals surface area contributed by atoms with Crippen LogP contribution in [0, 0.1) is 0 Å². The van der Waals surface area contributed by atoms with E-state index in [1.165, 1.54) is 17.1 Å². The summed E-state index contributed by atoms with van der Waals surface area (Å²) in [4.78, 5) is 10.1. The highest BCUT2D eigenvalue weighted by Gasteiger charge is 2.04. The van der Waals surface area contributed by atoms with Gasteiger partial charge in [0.2, 0.25) is 6.41 Å². The van der Waals surface area contributed by atoms with Gasteiger partial charge in [0.25, 0.3) is 0 Å². The molecule has 0 fully saturated rings. The van der Waals surface area contributed by atoms with Crippen molar-refractivity contribution in [2.24, 2.45) is 12.2 Å². The molecule has 0 radical (unpaired) electrons. The van der Waals surface area contributed by atoms with Gasteiger partial charge in [-0.2, -0.15) is 5.10 Å². The van der Waals surface area contributed by atoms with Crippen LogP contribution in [0.4, 0.5) is 5.82 Å². The van der Waals surface area contributed by atoms with Crippen molar-refractivity contribution < 1.29 is 10.0 Å². The van der Waals surface area contributed by atoms with E-state index >= 15 is 0 Å². The predicted octanol–water partition coefficient (Wildman–Crippen LogP) is -0.204. The second kappa shape index (κ2) is 3.51. The summed E-state index contributed by atoms with van der Waals surface area (Å²) in [5.74, 6) is 0.489. The van der Waals surface area contributed by atoms with Gasteiger partial charge in [0, 0.05) is 7.05 Å². The molecule has 1 aromatic rings. The summed E-state index contributed by atoms with van der Waals surface area (Å²) >= 11 is 0. The van der Waals surface area contributed by atoms with Crippen molar-refractivity contribution in [3.63, 3.8) is 0 Å². The maximum Gasteiger partial charge on any atom is 0.212 e. The molecule has 0 aromatic carbocycles. The van der Waals surface area contributed by atoms with Gasteiger partial charge in [-0.1, -0.05) is 5.16 Å². The van der Waals surface area contributed by atoms with Crippen LogP contribution in [0.3, 0.4) is 0 Å². The number of hydrogen-bond donors (Lipinski definition) is 2. The molecule has 0 saturated heterocycles. The monoisotopic (exact) mass is 168 g/mol. The first-order valence-electron chi connectivity index (χ1n) is 3.19. The molecule has 0 atom stereocenters. The summed E-state index contributed by atoms with van der Waals surface area (Å²) in [6.07, 6.45) is 3.20. The summed E-state index contributed by atoms with van der Waals surface area (Å²) in [6.45, 7) is 0. The molecule has 1 amide bonds. The summed E-state index contributed by atoms with van der Waals surface area (Å²) in [7, 11) is 1.67. The van der Waals surface area contributed by atoms with Crippen LogP contribution < -0.4 is 5.32 Å². The van der Waals surface area contributed by atoms with Gasteiger partial charge in [-0.25, -0.2) is 0 Å². The third-order valence-electron chi connectivity index (χ3n) is 1.36. The van der Waals surface area contributed by atoms with Crippen molar-refractivity contribution >= 4 is 18.4 Å². The molecule has 6 heteroatoms. The first-order chi connectivity index (χ1) is 5.79. The highest BCUT2D eigenvalue weighted by atomic mass is 16.4. The molecule has 0 unspecified atom stereocenters. The van der Waals surface area contributed by atoms with Crippen molar-refractivity contribution in [2.75, 3.05) is 5.32 Å². The van der Waals surface area contributed by atoms with Gasteiger partial charge in [0.15, 0.2) is 0 Å². The fourth-order valence-electron chi connectivity index (χ4n) is 0.844. The number of anilines is 1. The second-order valence-electron chi connectivity index (χ2n) is 2.08. The SMILES string of the molecule is Cn1ncc(C=NO)c1NC=O. The van der Waals surface area contributed by atoms with E-state index in [1.807, 2.05) is 0 Å². The third-order valence-corrected chi connectivity index (χ3v) is 1.36. The molecule has 6 nitrogen and oxygen atoms in total. The van der Waals surface area contributed by atoms with E-state index in [4.69, 9.17) is 5.21 Å². The number of aromatic nitrogens is 2. The van der Waals surface area contributed by atoms with Crippen LogP contribution in [-0.2, 0) is 11.8 Å². The van der Waals surface area contributed by atoms with Gasteiger partial charge in [0.05, 0.1) is 18.0 Å². The molecule has 2 N–H and O–H groups in total. The number of carbonyl (C=O) groups is 1. The Morgan fingerprint density at radius 1 is 1.83 bits per heavy atom. The summed E-state index contributed by atoms with van der Waals surface area (Å²) in [5.41, 5.74) is 0.548. The molecule has 0 spiro atoms. The Balaban J connectivity index is 3.02. The minimum absolute atomic E-state index is 0.489. The Morgan fingerprint density at radius 3 is 3.17 bits per heavy atom. The molecule has 0 aliphatic carbocycles. The Bertz CT molecular complexity index is 304. The first kappa shape index (κ1) is 8.25. The zero-order valence-corrected chi connectivity index (χ0v) is 6.43. The van der Waals surface area contributed by atoms with Gasteiger partial charge < -0.3 is 10.5 Å². The van der Waals surface area contributed by atoms with Crippen molar-refractivity contribution in [3.05, 3.63) is 11.8 Å². The summed E-state index contributed by atoms with van der Waals surface area (Å²) < 4.78 is 1.46. The van der Waals surface area contributed by atoms with E-state index in [-0.39, 0.29) is 0 Å². The minimum Gasteiger partial charge on any atom is -0.411 e. The van der Waals surface area contributed by atoms with Crippen LogP contribution in [0.25, 0.3) is 0 Å². The summed E-state index contributed by atoms with van der Waals surface area (Å²) in [6, 6.07) is 0. The molecule has 1 heterocycles. The Labute approximate surface area is 68.5 Å². The van der Waals surface area contributed by atoms with E-state index in [2.05, 4.69) is 15.6 Å². The molecule has 0 aliphatic heterocycles. The topological polar surface area (TPSA) is 79.5 Å². The highest BCUT2D eigenvalue weighted by Crippen LogP contribution is 2.09. The van der Waals surface area contributed by atoms with Gasteiger partial charge >= 0.3 is 0 Å². The molecule has 1 rings (SSSR count). The molecule has 1 aromatic heterocycles. The van der Waals surface area contributed by atoms with Crippen molar-refractivity contribution in [2.45, 2.75) is 0 Å². The molecule has 0 aliphatic rings. The average Bonchev–Trinajstić information content (AvgIpc) is 2.37. The van der Waals surface area contributed by atoms with Crippen LogP contribution in [0.2, 0.25) is 0 Å². The maximum atomic E-state index is 10.1. The molecule has 12 heavy (non-hydrogen) atoms. The Morgan fingerprint density at radius 2 is 2.58 bits per heavy atom. The van der Waals surface area contributed by atoms with E-state index in [9.17, 15) is 4.79 Å². The van der Waals surface area contributed by atoms with Gasteiger partial charge in [-0.15, -0.1) is 0 Å². The Hall–Kier alpha value is -1.85. The summed E-state index contributed by atoms with van der Waals surface area (Å²) in [5, 5.41) is 17.3. The molecule has 64 valence electrons. The Kier molecular flexibility index (Phi) is 2.42. The van der Waals surface area contributed by atoms with Crippen LogP contribution >= 0.6 is 0 Å². The van der Waals surface area contributed by atoms with Crippen molar-refractivity contribution in [1.29, 1.82) is 0 Å². The maximum absolute atomic E-state index is 10.1. The predicted molar refractivity (Wildman–Crippen MR) is 42.3 cm³/mol. The quantitative estimate of drug-likeness (QED) is 0.284. The lowest BCUT2D eigenvalue weighted by Crippen LogP contribution is -2.03. The number of oxime groups is 1. The van der Waals surface area contributed by atoms with Crippen LogP contribution in [0.1, 0.15) is 5.56 Å². The van der Waals surface area contributed by atoms with E-state index in [0.29, 0.717) is 17.8 Å². The van der Waals surface area contributed by atoms with Crippen molar-refractivity contribution in [3.8, 4) is 0 Å². The normalized spacial score (nSPS) is 10.4. The van der Waals surface area contributed by atoms with Gasteiger partial charge in [-0.05, 0) is 0 Å². The average molecular weight is 168 g/mol. The second-order valence-corrected chi connectivity index (χ2v) is 2.08. The smallest absolute Gasteiger partial charge is 0.212 e. The lowest BCUT2D eigenvalue weighted by molar-refractivity contribution is -0.105. The van der Waals surface area contributed by atoms with Crippen LogP contribution in [0.15, 0.2) is 11.4 Å².